The summed E-state index contributed by atoms with van der Waals surface area (Å²) in [7, 11) is 0. The van der Waals surface area contributed by atoms with E-state index in [1.807, 2.05) is 0 Å². The molecule has 3 heteroatoms. The van der Waals surface area contributed by atoms with Gasteiger partial charge in [-0.25, -0.2) is 0 Å². The number of fused-ring (bicyclic) bond motifs is 9. The number of furan rings is 1. The lowest BCUT2D eigenvalue weighted by Gasteiger charge is -2.61. The monoisotopic (exact) mass is 705 g/mol. The normalized spacial score (nSPS) is 38.5. The van der Waals surface area contributed by atoms with Crippen molar-refractivity contribution in [2.75, 3.05) is 4.90 Å². The highest BCUT2D eigenvalue weighted by molar-refractivity contribution is 6.10. The number of anilines is 3. The molecule has 4 unspecified atom stereocenters. The van der Waals surface area contributed by atoms with E-state index in [2.05, 4.69) is 120 Å². The van der Waals surface area contributed by atoms with Crippen LogP contribution in [-0.4, -0.2) is 0 Å². The van der Waals surface area contributed by atoms with Gasteiger partial charge in [-0.05, 0) is 182 Å². The summed E-state index contributed by atoms with van der Waals surface area (Å²) < 4.78 is 14.8. The Kier molecular flexibility index (Phi) is 5.60. The second-order valence-electron chi connectivity index (χ2n) is 19.4. The van der Waals surface area contributed by atoms with E-state index in [1.54, 1.807) is 11.1 Å². The largest absolute Gasteiger partial charge is 0.454 e. The minimum atomic E-state index is -0.0799. The molecule has 0 amide bonds. The van der Waals surface area contributed by atoms with E-state index in [1.165, 1.54) is 75.3 Å². The van der Waals surface area contributed by atoms with Crippen LogP contribution in [0.25, 0.3) is 33.1 Å². The van der Waals surface area contributed by atoms with Crippen LogP contribution < -0.4 is 4.90 Å². The second kappa shape index (κ2) is 10.1. The molecule has 8 fully saturated rings. The van der Waals surface area contributed by atoms with E-state index in [0.29, 0.717) is 17.3 Å². The molecule has 5 aromatic carbocycles. The molecule has 15 rings (SSSR count). The van der Waals surface area contributed by atoms with Gasteiger partial charge in [0.2, 0.25) is 0 Å². The minimum absolute atomic E-state index is 0.0473. The zero-order chi connectivity index (χ0) is 35.0. The van der Waals surface area contributed by atoms with Crippen molar-refractivity contribution in [1.29, 1.82) is 0 Å². The van der Waals surface area contributed by atoms with Gasteiger partial charge >= 0.3 is 0 Å². The minimum Gasteiger partial charge on any atom is -0.454 e. The third kappa shape index (κ3) is 3.52. The lowest BCUT2D eigenvalue weighted by molar-refractivity contribution is -0.281. The zero-order valence-electron chi connectivity index (χ0n) is 30.9. The van der Waals surface area contributed by atoms with Crippen molar-refractivity contribution in [3.8, 4) is 11.1 Å². The number of benzene rings is 5. The van der Waals surface area contributed by atoms with Crippen molar-refractivity contribution >= 4 is 39.0 Å². The predicted molar refractivity (Wildman–Crippen MR) is 215 cm³/mol. The van der Waals surface area contributed by atoms with Gasteiger partial charge in [0.05, 0.1) is 5.69 Å². The first-order chi connectivity index (χ1) is 26.6. The Morgan fingerprint density at radius 1 is 0.481 bits per heavy atom. The first kappa shape index (κ1) is 29.9. The molecular weight excluding hydrogens is 659 g/mol. The topological polar surface area (TPSA) is 25.6 Å². The molecular formula is C51H47NO2. The number of nitrogens with zero attached hydrogens (tertiary/aromatic N) is 1. The molecule has 1 aliphatic heterocycles. The van der Waals surface area contributed by atoms with E-state index in [0.717, 1.165) is 74.5 Å². The van der Waals surface area contributed by atoms with Crippen molar-refractivity contribution in [2.45, 2.75) is 75.4 Å². The Hall–Kier alpha value is -4.34. The van der Waals surface area contributed by atoms with E-state index >= 15 is 0 Å². The van der Waals surface area contributed by atoms with Crippen molar-refractivity contribution in [1.82, 2.24) is 0 Å². The summed E-state index contributed by atoms with van der Waals surface area (Å²) in [5.41, 5.74) is 11.6. The maximum absolute atomic E-state index is 8.23. The fourth-order valence-electron chi connectivity index (χ4n) is 15.7. The van der Waals surface area contributed by atoms with Crippen molar-refractivity contribution in [2.24, 2.45) is 52.8 Å². The van der Waals surface area contributed by atoms with Crippen LogP contribution in [0.4, 0.5) is 17.1 Å². The summed E-state index contributed by atoms with van der Waals surface area (Å²) in [6.45, 7) is 0. The SMILES string of the molecule is c1ccc(N(c2ccc(-c3ccc4c(c3)C3(OC45C4CC6CC7CC5CC67C4)C4CC5CC(C4)CC3C5)cc2)c2cccc3c2oc2ccccc23)cc1. The van der Waals surface area contributed by atoms with Crippen LogP contribution in [0.3, 0.4) is 0 Å². The molecule has 0 N–H and O–H groups in total. The summed E-state index contributed by atoms with van der Waals surface area (Å²) >= 11 is 0. The van der Waals surface area contributed by atoms with Gasteiger partial charge in [0, 0.05) is 22.1 Å². The Balaban J connectivity index is 0.898. The molecule has 3 spiro atoms. The Morgan fingerprint density at radius 3 is 1.87 bits per heavy atom. The lowest BCUT2D eigenvalue weighted by Crippen LogP contribution is -2.57. The summed E-state index contributed by atoms with van der Waals surface area (Å²) in [6.07, 6.45) is 14.3. The van der Waals surface area contributed by atoms with Crippen LogP contribution in [0.2, 0.25) is 0 Å². The van der Waals surface area contributed by atoms with E-state index in [9.17, 15) is 0 Å². The molecule has 9 aliphatic rings. The maximum atomic E-state index is 8.23. The van der Waals surface area contributed by atoms with Crippen LogP contribution in [0.1, 0.15) is 75.3 Å². The number of hydrogen-bond acceptors (Lipinski definition) is 3. The second-order valence-corrected chi connectivity index (χ2v) is 19.4. The van der Waals surface area contributed by atoms with Gasteiger partial charge in [-0.1, -0.05) is 72.8 Å². The van der Waals surface area contributed by atoms with Gasteiger partial charge in [-0.3, -0.25) is 0 Å². The first-order valence-corrected chi connectivity index (χ1v) is 21.3. The molecule has 8 aliphatic carbocycles. The van der Waals surface area contributed by atoms with Crippen molar-refractivity contribution < 1.29 is 9.15 Å². The number of hydrogen-bond donors (Lipinski definition) is 0. The molecule has 4 atom stereocenters. The Bertz CT molecular complexity index is 2480. The molecule has 0 saturated heterocycles. The highest BCUT2D eigenvalue weighted by Gasteiger charge is 2.78. The molecule has 2 heterocycles. The molecule has 6 aromatic rings. The van der Waals surface area contributed by atoms with E-state index < -0.39 is 0 Å². The van der Waals surface area contributed by atoms with Crippen molar-refractivity contribution in [3.05, 3.63) is 126 Å². The summed E-state index contributed by atoms with van der Waals surface area (Å²) in [4.78, 5) is 2.36. The summed E-state index contributed by atoms with van der Waals surface area (Å²) in [5.74, 6) is 6.63. The Labute approximate surface area is 317 Å². The highest BCUT2D eigenvalue weighted by Crippen LogP contribution is 2.82. The molecule has 3 nitrogen and oxygen atoms in total. The summed E-state index contributed by atoms with van der Waals surface area (Å²) in [6, 6.07) is 42.8. The van der Waals surface area contributed by atoms with Gasteiger partial charge in [-0.2, -0.15) is 0 Å². The van der Waals surface area contributed by atoms with E-state index in [4.69, 9.17) is 9.15 Å². The molecule has 54 heavy (non-hydrogen) atoms. The zero-order valence-corrected chi connectivity index (χ0v) is 30.9. The smallest absolute Gasteiger partial charge is 0.159 e. The molecule has 268 valence electrons. The average Bonchev–Trinajstić information content (AvgIpc) is 3.88. The van der Waals surface area contributed by atoms with Crippen molar-refractivity contribution in [3.63, 3.8) is 0 Å². The van der Waals surface area contributed by atoms with Crippen LogP contribution in [0, 0.1) is 52.8 Å². The maximum Gasteiger partial charge on any atom is 0.159 e. The fraction of sp³-hybridized carbons (Fsp3) is 0.412. The van der Waals surface area contributed by atoms with Crippen LogP contribution in [0.15, 0.2) is 120 Å². The summed E-state index contributed by atoms with van der Waals surface area (Å²) in [5, 5.41) is 2.30. The molecule has 7 bridgehead atoms. The number of para-hydroxylation sites is 3. The molecule has 8 saturated carbocycles. The molecule has 0 radical (unpaired) electrons. The van der Waals surface area contributed by atoms with Gasteiger partial charge < -0.3 is 14.1 Å². The van der Waals surface area contributed by atoms with Crippen LogP contribution in [-0.2, 0) is 15.9 Å². The lowest BCUT2D eigenvalue weighted by atomic mass is 9.48. The standard InChI is InChI=1S/C51H47NO2/c1-2-7-40(8-3-1)52(46-11-6-10-43-42-9-4-5-12-47(42)53-48(43)46)41-16-13-32(14-17-41)33-15-18-44-45(24-33)50(36-20-30-19-31(22-36)23-37(50)21-30)54-51(44)38-26-34-25-35-27-39(51)29-49(34,35)28-38/h1-18,24,30-31,34-39H,19-23,25-29H2. The predicted octanol–water partition coefficient (Wildman–Crippen LogP) is 13.1. The molecule has 1 aromatic heterocycles. The van der Waals surface area contributed by atoms with Gasteiger partial charge in [0.25, 0.3) is 0 Å². The van der Waals surface area contributed by atoms with E-state index in [-0.39, 0.29) is 11.2 Å². The third-order valence-corrected chi connectivity index (χ3v) is 17.4. The fourth-order valence-corrected chi connectivity index (χ4v) is 15.7. The van der Waals surface area contributed by atoms with Gasteiger partial charge in [0.15, 0.2) is 5.58 Å². The van der Waals surface area contributed by atoms with Gasteiger partial charge in [-0.15, -0.1) is 0 Å². The van der Waals surface area contributed by atoms with Crippen LogP contribution in [0.5, 0.6) is 0 Å². The van der Waals surface area contributed by atoms with Crippen LogP contribution >= 0.6 is 0 Å². The average molecular weight is 706 g/mol. The highest BCUT2D eigenvalue weighted by atomic mass is 16.5. The Morgan fingerprint density at radius 2 is 1.11 bits per heavy atom. The number of rotatable bonds is 4. The first-order valence-electron chi connectivity index (χ1n) is 21.3. The van der Waals surface area contributed by atoms with Gasteiger partial charge in [0.1, 0.15) is 16.8 Å². The third-order valence-electron chi connectivity index (χ3n) is 17.4. The quantitative estimate of drug-likeness (QED) is 0.183. The number of ether oxygens (including phenoxy) is 1.